The van der Waals surface area contributed by atoms with E-state index in [9.17, 15) is 4.79 Å². The molecule has 1 N–H and O–H groups in total. The van der Waals surface area contributed by atoms with Crippen LogP contribution in [0.3, 0.4) is 0 Å². The molecular weight excluding hydrogens is 348 g/mol. The molecule has 0 bridgehead atoms. The normalized spacial score (nSPS) is 10.9. The van der Waals surface area contributed by atoms with Crippen molar-refractivity contribution in [3.63, 3.8) is 0 Å². The zero-order valence-electron chi connectivity index (χ0n) is 15.8. The zero-order chi connectivity index (χ0) is 19.3. The number of rotatable bonds is 6. The van der Waals surface area contributed by atoms with Crippen molar-refractivity contribution in [2.24, 2.45) is 0 Å². The molecule has 0 saturated carbocycles. The Hall–Kier alpha value is -3.47. The Morgan fingerprint density at radius 2 is 1.68 bits per heavy atom. The van der Waals surface area contributed by atoms with Crippen molar-refractivity contribution in [2.75, 3.05) is 6.54 Å². The van der Waals surface area contributed by atoms with E-state index in [1.54, 1.807) is 10.7 Å². The summed E-state index contributed by atoms with van der Waals surface area (Å²) < 4.78 is 1.77. The van der Waals surface area contributed by atoms with Crippen LogP contribution in [0.1, 0.15) is 30.1 Å². The van der Waals surface area contributed by atoms with E-state index < -0.39 is 0 Å². The van der Waals surface area contributed by atoms with Crippen molar-refractivity contribution >= 4 is 11.6 Å². The van der Waals surface area contributed by atoms with Crippen LogP contribution in [0.25, 0.3) is 28.2 Å². The SMILES string of the molecule is CCCCNC(=O)c1cnc2cc(-c3ccccc3)nn2c1-c1ccccc1. The summed E-state index contributed by atoms with van der Waals surface area (Å²) in [5, 5.41) is 7.77. The monoisotopic (exact) mass is 370 g/mol. The summed E-state index contributed by atoms with van der Waals surface area (Å²) in [5.41, 5.74) is 4.76. The molecular formula is C23H22N4O. The number of unbranched alkanes of at least 4 members (excludes halogenated alkanes) is 1. The summed E-state index contributed by atoms with van der Waals surface area (Å²) in [6.07, 6.45) is 3.63. The van der Waals surface area contributed by atoms with E-state index in [0.29, 0.717) is 17.8 Å². The molecule has 2 heterocycles. The predicted octanol–water partition coefficient (Wildman–Crippen LogP) is 4.59. The molecule has 2 aromatic carbocycles. The van der Waals surface area contributed by atoms with Gasteiger partial charge in [0.2, 0.25) is 0 Å². The molecule has 0 radical (unpaired) electrons. The molecule has 0 aliphatic rings. The van der Waals surface area contributed by atoms with Crippen LogP contribution in [0.2, 0.25) is 0 Å². The number of nitrogens with one attached hydrogen (secondary N) is 1. The predicted molar refractivity (Wildman–Crippen MR) is 111 cm³/mol. The highest BCUT2D eigenvalue weighted by Crippen LogP contribution is 2.27. The number of benzene rings is 2. The van der Waals surface area contributed by atoms with Crippen molar-refractivity contribution in [1.29, 1.82) is 0 Å². The van der Waals surface area contributed by atoms with E-state index in [-0.39, 0.29) is 5.91 Å². The van der Waals surface area contributed by atoms with Gasteiger partial charge < -0.3 is 5.32 Å². The number of amides is 1. The third-order valence-corrected chi connectivity index (χ3v) is 4.66. The number of fused-ring (bicyclic) bond motifs is 1. The van der Waals surface area contributed by atoms with Crippen LogP contribution in [0, 0.1) is 0 Å². The standard InChI is InChI=1S/C23H22N4O/c1-2-3-14-24-23(28)19-16-25-21-15-20(17-10-6-4-7-11-17)26-27(21)22(19)18-12-8-5-9-13-18/h4-13,15-16H,2-3,14H2,1H3,(H,24,28). The van der Waals surface area contributed by atoms with E-state index in [0.717, 1.165) is 35.4 Å². The minimum Gasteiger partial charge on any atom is -0.352 e. The topological polar surface area (TPSA) is 59.3 Å². The van der Waals surface area contributed by atoms with Crippen LogP contribution in [-0.2, 0) is 0 Å². The molecule has 0 aliphatic carbocycles. The molecule has 0 unspecified atom stereocenters. The maximum absolute atomic E-state index is 12.8. The van der Waals surface area contributed by atoms with E-state index in [2.05, 4.69) is 17.2 Å². The van der Waals surface area contributed by atoms with Gasteiger partial charge in [-0.25, -0.2) is 9.50 Å². The molecule has 0 fully saturated rings. The molecule has 0 saturated heterocycles. The Kier molecular flexibility index (Phi) is 5.15. The van der Waals surface area contributed by atoms with E-state index >= 15 is 0 Å². The van der Waals surface area contributed by atoms with Crippen LogP contribution < -0.4 is 5.32 Å². The van der Waals surface area contributed by atoms with Crippen molar-refractivity contribution in [3.8, 4) is 22.5 Å². The zero-order valence-corrected chi connectivity index (χ0v) is 15.8. The summed E-state index contributed by atoms with van der Waals surface area (Å²) >= 11 is 0. The average Bonchev–Trinajstić information content (AvgIpc) is 3.19. The molecule has 0 spiro atoms. The van der Waals surface area contributed by atoms with Gasteiger partial charge >= 0.3 is 0 Å². The van der Waals surface area contributed by atoms with Gasteiger partial charge in [0.15, 0.2) is 5.65 Å². The molecule has 4 aromatic rings. The number of nitrogens with zero attached hydrogens (tertiary/aromatic N) is 3. The molecule has 1 amide bonds. The first kappa shape index (κ1) is 17.9. The van der Waals surface area contributed by atoms with Gasteiger partial charge in [-0.3, -0.25) is 4.79 Å². The molecule has 0 aliphatic heterocycles. The van der Waals surface area contributed by atoms with Crippen LogP contribution in [0.15, 0.2) is 72.9 Å². The maximum Gasteiger partial charge on any atom is 0.255 e. The number of carbonyl (C=O) groups excluding carboxylic acids is 1. The highest BCUT2D eigenvalue weighted by molar-refractivity contribution is 6.00. The Labute approximate surface area is 164 Å². The third-order valence-electron chi connectivity index (χ3n) is 4.66. The number of aromatic nitrogens is 3. The van der Waals surface area contributed by atoms with Gasteiger partial charge in [0.05, 0.1) is 17.0 Å². The molecule has 140 valence electrons. The van der Waals surface area contributed by atoms with Gasteiger partial charge in [-0.15, -0.1) is 0 Å². The lowest BCUT2D eigenvalue weighted by atomic mass is 10.1. The van der Waals surface area contributed by atoms with Gasteiger partial charge in [0, 0.05) is 29.9 Å². The van der Waals surface area contributed by atoms with E-state index in [1.165, 1.54) is 0 Å². The van der Waals surface area contributed by atoms with Gasteiger partial charge in [-0.2, -0.15) is 5.10 Å². The van der Waals surface area contributed by atoms with Crippen LogP contribution in [0.4, 0.5) is 0 Å². The average molecular weight is 370 g/mol. The second kappa shape index (κ2) is 8.05. The lowest BCUT2D eigenvalue weighted by molar-refractivity contribution is 0.0953. The molecule has 4 rings (SSSR count). The molecule has 28 heavy (non-hydrogen) atoms. The highest BCUT2D eigenvalue weighted by Gasteiger charge is 2.19. The van der Waals surface area contributed by atoms with Gasteiger partial charge in [-0.1, -0.05) is 74.0 Å². The second-order valence-electron chi connectivity index (χ2n) is 6.66. The number of hydrogen-bond donors (Lipinski definition) is 1. The summed E-state index contributed by atoms with van der Waals surface area (Å²) in [5.74, 6) is -0.126. The van der Waals surface area contributed by atoms with E-state index in [1.807, 2.05) is 66.7 Å². The lowest BCUT2D eigenvalue weighted by Gasteiger charge is -2.11. The fraction of sp³-hybridized carbons (Fsp3) is 0.174. The Balaban J connectivity index is 1.86. The number of hydrogen-bond acceptors (Lipinski definition) is 3. The van der Waals surface area contributed by atoms with E-state index in [4.69, 9.17) is 5.10 Å². The molecule has 2 aromatic heterocycles. The number of carbonyl (C=O) groups is 1. The molecule has 5 nitrogen and oxygen atoms in total. The third kappa shape index (κ3) is 3.51. The lowest BCUT2D eigenvalue weighted by Crippen LogP contribution is -2.26. The fourth-order valence-electron chi connectivity index (χ4n) is 3.20. The first-order valence-corrected chi connectivity index (χ1v) is 9.55. The van der Waals surface area contributed by atoms with Crippen molar-refractivity contribution in [1.82, 2.24) is 19.9 Å². The quantitative estimate of drug-likeness (QED) is 0.505. The highest BCUT2D eigenvalue weighted by atomic mass is 16.1. The summed E-state index contributed by atoms with van der Waals surface area (Å²) in [6, 6.07) is 21.8. The van der Waals surface area contributed by atoms with Crippen molar-refractivity contribution in [2.45, 2.75) is 19.8 Å². The smallest absolute Gasteiger partial charge is 0.255 e. The minimum atomic E-state index is -0.126. The maximum atomic E-state index is 12.8. The van der Waals surface area contributed by atoms with Gasteiger partial charge in [0.1, 0.15) is 0 Å². The van der Waals surface area contributed by atoms with Crippen LogP contribution in [-0.4, -0.2) is 27.0 Å². The first-order valence-electron chi connectivity index (χ1n) is 9.55. The van der Waals surface area contributed by atoms with Crippen molar-refractivity contribution < 1.29 is 4.79 Å². The van der Waals surface area contributed by atoms with Crippen LogP contribution >= 0.6 is 0 Å². The second-order valence-corrected chi connectivity index (χ2v) is 6.66. The minimum absolute atomic E-state index is 0.126. The van der Waals surface area contributed by atoms with Crippen molar-refractivity contribution in [3.05, 3.63) is 78.5 Å². The van der Waals surface area contributed by atoms with Gasteiger partial charge in [-0.05, 0) is 6.42 Å². The summed E-state index contributed by atoms with van der Waals surface area (Å²) in [4.78, 5) is 17.3. The van der Waals surface area contributed by atoms with Gasteiger partial charge in [0.25, 0.3) is 5.91 Å². The molecule has 0 atom stereocenters. The fourth-order valence-corrected chi connectivity index (χ4v) is 3.20. The summed E-state index contributed by atoms with van der Waals surface area (Å²) in [7, 11) is 0. The Bertz CT molecular complexity index is 1090. The summed E-state index contributed by atoms with van der Waals surface area (Å²) in [6.45, 7) is 2.75. The molecule has 5 heteroatoms. The first-order chi connectivity index (χ1) is 13.8. The van der Waals surface area contributed by atoms with Crippen LogP contribution in [0.5, 0.6) is 0 Å². The Morgan fingerprint density at radius 1 is 1.00 bits per heavy atom. The Morgan fingerprint density at radius 3 is 2.36 bits per heavy atom. The largest absolute Gasteiger partial charge is 0.352 e.